The Kier molecular flexibility index (Phi) is 5.76. The zero-order valence-corrected chi connectivity index (χ0v) is 14.1. The van der Waals surface area contributed by atoms with Crippen molar-refractivity contribution < 1.29 is 19.8 Å². The molecule has 10 heteroatoms. The molecule has 1 aliphatic rings. The van der Waals surface area contributed by atoms with Crippen LogP contribution in [0.25, 0.3) is 11.2 Å². The highest BCUT2D eigenvalue weighted by Crippen LogP contribution is 2.33. The molecule has 0 bridgehead atoms. The molecule has 10 nitrogen and oxygen atoms in total. The van der Waals surface area contributed by atoms with Gasteiger partial charge in [-0.05, 0) is 6.42 Å². The van der Waals surface area contributed by atoms with E-state index in [4.69, 9.17) is 15.3 Å². The highest BCUT2D eigenvalue weighted by atomic mass is 16.7. The third kappa shape index (κ3) is 3.58. The van der Waals surface area contributed by atoms with Crippen molar-refractivity contribution in [2.45, 2.75) is 50.7 Å². The second-order valence-electron chi connectivity index (χ2n) is 6.01. The lowest BCUT2D eigenvalue weighted by Gasteiger charge is -2.21. The summed E-state index contributed by atoms with van der Waals surface area (Å²) in [4.78, 5) is 18.0. The van der Waals surface area contributed by atoms with Crippen molar-refractivity contribution in [3.8, 4) is 0 Å². The number of hydrogen-bond acceptors (Lipinski definition) is 9. The number of aromatic nitrogens is 4. The number of aliphatic hydroxyl groups is 2. The van der Waals surface area contributed by atoms with Gasteiger partial charge in [0.15, 0.2) is 23.8 Å². The lowest BCUT2D eigenvalue weighted by atomic mass is 10.1. The molecule has 4 atom stereocenters. The maximum Gasteiger partial charge on any atom is 0.168 e. The standard InChI is InChI=1S/C15H24N6O4/c1-2-3-4-5-20-25-12-11(23)9(6-22)24-15(12)21-8-19-10-13(16)17-7-18-14(10)21/h7-9,11-12,15,20,22-23H,2-6H2,1H3,(H2,16,17,18)/t9-,11?,12?,15-/m1/s1. The molecule has 3 heterocycles. The van der Waals surface area contributed by atoms with Crippen LogP contribution in [0.5, 0.6) is 0 Å². The monoisotopic (exact) mass is 352 g/mol. The third-order valence-electron chi connectivity index (χ3n) is 4.26. The molecule has 25 heavy (non-hydrogen) atoms. The van der Waals surface area contributed by atoms with E-state index in [2.05, 4.69) is 27.4 Å². The fourth-order valence-corrected chi connectivity index (χ4v) is 2.88. The van der Waals surface area contributed by atoms with E-state index < -0.39 is 24.5 Å². The summed E-state index contributed by atoms with van der Waals surface area (Å²) in [6.45, 7) is 2.46. The Balaban J connectivity index is 1.79. The predicted octanol–water partition coefficient (Wildman–Crippen LogP) is -0.261. The highest BCUT2D eigenvalue weighted by molar-refractivity contribution is 5.81. The highest BCUT2D eigenvalue weighted by Gasteiger charge is 2.46. The van der Waals surface area contributed by atoms with Gasteiger partial charge >= 0.3 is 0 Å². The summed E-state index contributed by atoms with van der Waals surface area (Å²) < 4.78 is 7.39. The molecular formula is C15H24N6O4. The molecule has 2 unspecified atom stereocenters. The molecular weight excluding hydrogens is 328 g/mol. The summed E-state index contributed by atoms with van der Waals surface area (Å²) in [7, 11) is 0. The lowest BCUT2D eigenvalue weighted by Crippen LogP contribution is -2.39. The molecule has 1 saturated heterocycles. The minimum Gasteiger partial charge on any atom is -0.394 e. The van der Waals surface area contributed by atoms with E-state index in [0.29, 0.717) is 17.7 Å². The summed E-state index contributed by atoms with van der Waals surface area (Å²) in [6.07, 6.45) is 2.82. The molecule has 0 aliphatic carbocycles. The maximum absolute atomic E-state index is 10.4. The zero-order chi connectivity index (χ0) is 17.8. The molecule has 0 aromatic carbocycles. The van der Waals surface area contributed by atoms with Crippen LogP contribution in [-0.4, -0.2) is 61.2 Å². The summed E-state index contributed by atoms with van der Waals surface area (Å²) in [5, 5.41) is 19.8. The molecule has 2 aromatic rings. The van der Waals surface area contributed by atoms with Crippen LogP contribution in [0.15, 0.2) is 12.7 Å². The van der Waals surface area contributed by atoms with Gasteiger partial charge in [-0.2, -0.15) is 0 Å². The number of rotatable bonds is 8. The second kappa shape index (κ2) is 8.02. The minimum absolute atomic E-state index is 0.260. The number of imidazole rings is 1. The first-order valence-electron chi connectivity index (χ1n) is 8.43. The fraction of sp³-hybridized carbons (Fsp3) is 0.667. The Labute approximate surface area is 144 Å². The Bertz CT molecular complexity index is 696. The van der Waals surface area contributed by atoms with Gasteiger partial charge in [-0.3, -0.25) is 9.40 Å². The third-order valence-corrected chi connectivity index (χ3v) is 4.26. The van der Waals surface area contributed by atoms with Gasteiger partial charge in [0.1, 0.15) is 24.1 Å². The molecule has 0 radical (unpaired) electrons. The van der Waals surface area contributed by atoms with Gasteiger partial charge in [0.2, 0.25) is 0 Å². The quantitative estimate of drug-likeness (QED) is 0.373. The fourth-order valence-electron chi connectivity index (χ4n) is 2.88. The van der Waals surface area contributed by atoms with Gasteiger partial charge in [-0.1, -0.05) is 19.8 Å². The van der Waals surface area contributed by atoms with Crippen LogP contribution in [0.1, 0.15) is 32.4 Å². The summed E-state index contributed by atoms with van der Waals surface area (Å²) in [6, 6.07) is 0. The van der Waals surface area contributed by atoms with Crippen molar-refractivity contribution in [2.75, 3.05) is 18.9 Å². The van der Waals surface area contributed by atoms with Crippen LogP contribution in [0, 0.1) is 0 Å². The smallest absolute Gasteiger partial charge is 0.168 e. The van der Waals surface area contributed by atoms with Crippen LogP contribution in [0.2, 0.25) is 0 Å². The number of nitrogen functional groups attached to an aromatic ring is 1. The van der Waals surface area contributed by atoms with Gasteiger partial charge in [0, 0.05) is 6.54 Å². The number of fused-ring (bicyclic) bond motifs is 1. The maximum atomic E-state index is 10.4. The Hall–Kier alpha value is -1.85. The van der Waals surface area contributed by atoms with Crippen LogP contribution in [0.3, 0.4) is 0 Å². The van der Waals surface area contributed by atoms with E-state index in [1.165, 1.54) is 12.7 Å². The number of hydrogen-bond donors (Lipinski definition) is 4. The van der Waals surface area contributed by atoms with Gasteiger partial charge in [-0.15, -0.1) is 0 Å². The zero-order valence-electron chi connectivity index (χ0n) is 14.1. The Morgan fingerprint density at radius 3 is 2.96 bits per heavy atom. The van der Waals surface area contributed by atoms with Crippen LogP contribution >= 0.6 is 0 Å². The number of nitrogens with two attached hydrogens (primary N) is 1. The van der Waals surface area contributed by atoms with E-state index in [1.54, 1.807) is 4.57 Å². The van der Waals surface area contributed by atoms with Gasteiger partial charge in [-0.25, -0.2) is 20.4 Å². The number of ether oxygens (including phenoxy) is 1. The van der Waals surface area contributed by atoms with Crippen molar-refractivity contribution in [1.29, 1.82) is 0 Å². The molecule has 1 fully saturated rings. The van der Waals surface area contributed by atoms with E-state index in [9.17, 15) is 10.2 Å². The predicted molar refractivity (Wildman–Crippen MR) is 89.1 cm³/mol. The Morgan fingerprint density at radius 2 is 2.20 bits per heavy atom. The number of unbranched alkanes of at least 4 members (excludes halogenated alkanes) is 2. The lowest BCUT2D eigenvalue weighted by molar-refractivity contribution is -0.109. The SMILES string of the molecule is CCCCCNOC1C(O)[C@@H](CO)O[C@H]1n1cnc2c(N)ncnc21. The van der Waals surface area contributed by atoms with Gasteiger partial charge in [0.25, 0.3) is 0 Å². The molecule has 3 rings (SSSR count). The van der Waals surface area contributed by atoms with Gasteiger partial charge < -0.3 is 20.7 Å². The van der Waals surface area contributed by atoms with Crippen molar-refractivity contribution in [2.24, 2.45) is 0 Å². The summed E-state index contributed by atoms with van der Waals surface area (Å²) in [5.41, 5.74) is 9.61. The van der Waals surface area contributed by atoms with Crippen LogP contribution in [-0.2, 0) is 9.57 Å². The molecule has 138 valence electrons. The Morgan fingerprint density at radius 1 is 1.36 bits per heavy atom. The topological polar surface area (TPSA) is 141 Å². The van der Waals surface area contributed by atoms with E-state index in [-0.39, 0.29) is 12.4 Å². The first-order chi connectivity index (χ1) is 12.2. The van der Waals surface area contributed by atoms with Crippen molar-refractivity contribution in [3.05, 3.63) is 12.7 Å². The largest absolute Gasteiger partial charge is 0.394 e. The number of aliphatic hydroxyl groups excluding tert-OH is 2. The number of anilines is 1. The molecule has 0 amide bonds. The van der Waals surface area contributed by atoms with Crippen molar-refractivity contribution in [1.82, 2.24) is 25.0 Å². The molecule has 2 aromatic heterocycles. The first kappa shape index (κ1) is 18.0. The molecule has 1 aliphatic heterocycles. The van der Waals surface area contributed by atoms with Gasteiger partial charge in [0.05, 0.1) is 12.9 Å². The van der Waals surface area contributed by atoms with Crippen molar-refractivity contribution >= 4 is 17.0 Å². The van der Waals surface area contributed by atoms with E-state index in [0.717, 1.165) is 19.3 Å². The summed E-state index contributed by atoms with van der Waals surface area (Å²) in [5.74, 6) is 0.260. The average molecular weight is 352 g/mol. The molecule has 0 spiro atoms. The van der Waals surface area contributed by atoms with E-state index in [1.807, 2.05) is 0 Å². The summed E-state index contributed by atoms with van der Waals surface area (Å²) >= 11 is 0. The number of nitrogens with zero attached hydrogens (tertiary/aromatic N) is 4. The number of nitrogens with one attached hydrogen (secondary N) is 1. The van der Waals surface area contributed by atoms with Crippen molar-refractivity contribution in [3.63, 3.8) is 0 Å². The van der Waals surface area contributed by atoms with Crippen LogP contribution < -0.4 is 11.2 Å². The minimum atomic E-state index is -0.995. The number of hydroxylamine groups is 1. The average Bonchev–Trinajstić information content (AvgIpc) is 3.17. The van der Waals surface area contributed by atoms with E-state index >= 15 is 0 Å². The molecule has 5 N–H and O–H groups in total. The first-order valence-corrected chi connectivity index (χ1v) is 8.43. The van der Waals surface area contributed by atoms with Crippen LogP contribution in [0.4, 0.5) is 5.82 Å². The second-order valence-corrected chi connectivity index (χ2v) is 6.01. The molecule has 0 saturated carbocycles. The normalized spacial score (nSPS) is 26.5.